The molecule has 0 fully saturated rings. The van der Waals surface area contributed by atoms with Crippen molar-refractivity contribution in [2.75, 3.05) is 0 Å². The van der Waals surface area contributed by atoms with E-state index in [0.717, 1.165) is 0 Å². The van der Waals surface area contributed by atoms with Crippen molar-refractivity contribution < 1.29 is 4.92 Å². The summed E-state index contributed by atoms with van der Waals surface area (Å²) in [5, 5.41) is 10.5. The predicted octanol–water partition coefficient (Wildman–Crippen LogP) is 3.55. The van der Waals surface area contributed by atoms with Crippen LogP contribution in [0.3, 0.4) is 0 Å². The highest BCUT2D eigenvalue weighted by Crippen LogP contribution is 2.17. The van der Waals surface area contributed by atoms with Crippen LogP contribution in [0.5, 0.6) is 0 Å². The molecule has 0 aliphatic heterocycles. The zero-order valence-electron chi connectivity index (χ0n) is 9.83. The van der Waals surface area contributed by atoms with Gasteiger partial charge in [0, 0.05) is 23.3 Å². The van der Waals surface area contributed by atoms with Gasteiger partial charge < -0.3 is 0 Å². The van der Waals surface area contributed by atoms with Crippen molar-refractivity contribution in [1.82, 2.24) is 0 Å². The van der Waals surface area contributed by atoms with Crippen LogP contribution in [-0.4, -0.2) is 4.92 Å². The predicted molar refractivity (Wildman–Crippen MR) is 71.8 cm³/mol. The summed E-state index contributed by atoms with van der Waals surface area (Å²) in [6.45, 7) is 7.03. The molecule has 0 aliphatic carbocycles. The van der Waals surface area contributed by atoms with Crippen LogP contribution in [0.25, 0.3) is 4.85 Å². The lowest BCUT2D eigenvalue weighted by Crippen LogP contribution is -1.86. The maximum Gasteiger partial charge on any atom is 0.269 e. The smallest absolute Gasteiger partial charge is 0.258 e. The summed E-state index contributed by atoms with van der Waals surface area (Å²) in [5.41, 5.74) is 1.85. The minimum Gasteiger partial charge on any atom is -0.258 e. The average molecular weight is 248 g/mol. The fourth-order valence-corrected chi connectivity index (χ4v) is 1.48. The molecule has 19 heavy (non-hydrogen) atoms. The summed E-state index contributed by atoms with van der Waals surface area (Å²) < 4.78 is 0. The SMILES string of the molecule is [C-]#[N+]c1ccccc1C#Cc1ccc([N+](=O)[O-])cc1. The zero-order chi connectivity index (χ0) is 13.7. The van der Waals surface area contributed by atoms with Crippen molar-refractivity contribution in [3.8, 4) is 11.8 Å². The molecular formula is C15H8N2O2. The Balaban J connectivity index is 2.29. The number of benzene rings is 2. The van der Waals surface area contributed by atoms with Gasteiger partial charge in [-0.25, -0.2) is 4.85 Å². The van der Waals surface area contributed by atoms with Gasteiger partial charge in [-0.05, 0) is 12.1 Å². The summed E-state index contributed by atoms with van der Waals surface area (Å²) in [5.74, 6) is 5.78. The van der Waals surface area contributed by atoms with E-state index in [1.54, 1.807) is 30.3 Å². The Morgan fingerprint density at radius 2 is 1.74 bits per heavy atom. The van der Waals surface area contributed by atoms with Crippen LogP contribution in [0.1, 0.15) is 11.1 Å². The number of rotatable bonds is 1. The van der Waals surface area contributed by atoms with Crippen molar-refractivity contribution in [3.63, 3.8) is 0 Å². The van der Waals surface area contributed by atoms with Gasteiger partial charge in [-0.1, -0.05) is 36.1 Å². The Morgan fingerprint density at radius 1 is 1.05 bits per heavy atom. The number of hydrogen-bond acceptors (Lipinski definition) is 2. The Kier molecular flexibility index (Phi) is 3.56. The first-order valence-electron chi connectivity index (χ1n) is 5.43. The van der Waals surface area contributed by atoms with E-state index < -0.39 is 4.92 Å². The second-order valence-electron chi connectivity index (χ2n) is 3.68. The summed E-state index contributed by atoms with van der Waals surface area (Å²) >= 11 is 0. The lowest BCUT2D eigenvalue weighted by Gasteiger charge is -1.93. The molecule has 0 N–H and O–H groups in total. The van der Waals surface area contributed by atoms with Gasteiger partial charge in [0.15, 0.2) is 0 Å². The lowest BCUT2D eigenvalue weighted by atomic mass is 10.1. The summed E-state index contributed by atoms with van der Waals surface area (Å²) in [6, 6.07) is 13.1. The molecule has 0 saturated heterocycles. The average Bonchev–Trinajstić information content (AvgIpc) is 2.45. The minimum absolute atomic E-state index is 0.0344. The van der Waals surface area contributed by atoms with Crippen molar-refractivity contribution in [3.05, 3.63) is 81.2 Å². The van der Waals surface area contributed by atoms with Gasteiger partial charge in [-0.2, -0.15) is 0 Å². The van der Waals surface area contributed by atoms with E-state index in [9.17, 15) is 10.1 Å². The van der Waals surface area contributed by atoms with Crippen LogP contribution in [-0.2, 0) is 0 Å². The minimum atomic E-state index is -0.453. The normalized spacial score (nSPS) is 9.00. The van der Waals surface area contributed by atoms with E-state index in [1.165, 1.54) is 12.1 Å². The summed E-state index contributed by atoms with van der Waals surface area (Å²) in [7, 11) is 0. The third kappa shape index (κ3) is 2.96. The molecule has 0 aromatic heterocycles. The van der Waals surface area contributed by atoms with Crippen molar-refractivity contribution >= 4 is 11.4 Å². The molecule has 0 unspecified atom stereocenters. The summed E-state index contributed by atoms with van der Waals surface area (Å²) in [6.07, 6.45) is 0. The Hall–Kier alpha value is -3.11. The largest absolute Gasteiger partial charge is 0.269 e. The number of hydrogen-bond donors (Lipinski definition) is 0. The lowest BCUT2D eigenvalue weighted by molar-refractivity contribution is -0.384. The topological polar surface area (TPSA) is 47.5 Å². The molecule has 0 aliphatic rings. The maximum atomic E-state index is 10.5. The molecule has 2 aromatic carbocycles. The molecule has 0 amide bonds. The number of nitrogens with zero attached hydrogens (tertiary/aromatic N) is 2. The molecular weight excluding hydrogens is 240 g/mol. The maximum absolute atomic E-state index is 10.5. The highest BCUT2D eigenvalue weighted by Gasteiger charge is 2.02. The van der Waals surface area contributed by atoms with Crippen LogP contribution in [0, 0.1) is 28.5 Å². The van der Waals surface area contributed by atoms with Gasteiger partial charge in [0.1, 0.15) is 0 Å². The Morgan fingerprint density at radius 3 is 2.37 bits per heavy atom. The van der Waals surface area contributed by atoms with Gasteiger partial charge in [-0.15, -0.1) is 0 Å². The molecule has 0 atom stereocenters. The third-order valence-corrected chi connectivity index (χ3v) is 2.44. The molecule has 0 bridgehead atoms. The zero-order valence-corrected chi connectivity index (χ0v) is 9.83. The molecule has 0 heterocycles. The first kappa shape index (κ1) is 12.3. The molecule has 0 spiro atoms. The summed E-state index contributed by atoms with van der Waals surface area (Å²) in [4.78, 5) is 13.4. The van der Waals surface area contributed by atoms with Crippen LogP contribution in [0.4, 0.5) is 11.4 Å². The third-order valence-electron chi connectivity index (χ3n) is 2.44. The van der Waals surface area contributed by atoms with Crippen molar-refractivity contribution in [1.29, 1.82) is 0 Å². The van der Waals surface area contributed by atoms with Crippen LogP contribution in [0.2, 0.25) is 0 Å². The quantitative estimate of drug-likeness (QED) is 0.335. The fraction of sp³-hybridized carbons (Fsp3) is 0. The Bertz CT molecular complexity index is 716. The highest BCUT2D eigenvalue weighted by molar-refractivity contribution is 5.61. The molecule has 4 nitrogen and oxygen atoms in total. The first-order valence-corrected chi connectivity index (χ1v) is 5.43. The monoisotopic (exact) mass is 248 g/mol. The first-order chi connectivity index (χ1) is 9.20. The molecule has 4 heteroatoms. The second kappa shape index (κ2) is 5.48. The van der Waals surface area contributed by atoms with Crippen LogP contribution in [0.15, 0.2) is 48.5 Å². The second-order valence-corrected chi connectivity index (χ2v) is 3.68. The highest BCUT2D eigenvalue weighted by atomic mass is 16.6. The van der Waals surface area contributed by atoms with E-state index in [4.69, 9.17) is 6.57 Å². The molecule has 0 radical (unpaired) electrons. The van der Waals surface area contributed by atoms with Gasteiger partial charge in [0.25, 0.3) is 5.69 Å². The molecule has 0 saturated carbocycles. The number of nitro benzene ring substituents is 1. The number of non-ortho nitro benzene ring substituents is 1. The van der Waals surface area contributed by atoms with Crippen LogP contribution >= 0.6 is 0 Å². The van der Waals surface area contributed by atoms with E-state index in [1.807, 2.05) is 6.07 Å². The van der Waals surface area contributed by atoms with Gasteiger partial charge in [-0.3, -0.25) is 10.1 Å². The molecule has 2 aromatic rings. The molecule has 90 valence electrons. The van der Waals surface area contributed by atoms with Gasteiger partial charge >= 0.3 is 0 Å². The van der Waals surface area contributed by atoms with Crippen molar-refractivity contribution in [2.24, 2.45) is 0 Å². The van der Waals surface area contributed by atoms with E-state index >= 15 is 0 Å². The number of nitro groups is 1. The Labute approximate surface area is 110 Å². The van der Waals surface area contributed by atoms with Crippen LogP contribution < -0.4 is 0 Å². The fourth-order valence-electron chi connectivity index (χ4n) is 1.48. The van der Waals surface area contributed by atoms with E-state index in [-0.39, 0.29) is 5.69 Å². The number of para-hydroxylation sites is 1. The van der Waals surface area contributed by atoms with E-state index in [0.29, 0.717) is 16.8 Å². The van der Waals surface area contributed by atoms with Gasteiger partial charge in [0.2, 0.25) is 5.69 Å². The van der Waals surface area contributed by atoms with Crippen molar-refractivity contribution in [2.45, 2.75) is 0 Å². The van der Waals surface area contributed by atoms with Gasteiger partial charge in [0.05, 0.1) is 11.5 Å². The standard InChI is InChI=1S/C15H8N2O2/c1-16-15-5-3-2-4-13(15)9-6-12-7-10-14(11-8-12)17(18)19/h2-5,7-8,10-11H. The molecule has 2 rings (SSSR count). The van der Waals surface area contributed by atoms with E-state index in [2.05, 4.69) is 16.7 Å².